The van der Waals surface area contributed by atoms with E-state index in [1.807, 2.05) is 13.0 Å². The number of alkyl halides is 3. The molecule has 5 heteroatoms. The van der Waals surface area contributed by atoms with E-state index >= 15 is 0 Å². The standard InChI is InChI=1S/C16H18F3NO/c1-4-5-6-7-8-12-9-11(2)13(15(21)20-3)10-14(12)16(17,18)19/h6-7,9-10H,3-5,8H2,1-2H3. The summed E-state index contributed by atoms with van der Waals surface area (Å²) in [5.41, 5.74) is -0.216. The van der Waals surface area contributed by atoms with Crippen molar-refractivity contribution in [1.29, 1.82) is 0 Å². The molecule has 0 atom stereocenters. The molecule has 0 aliphatic rings. The fraction of sp³-hybridized carbons (Fsp3) is 0.375. The fourth-order valence-electron chi connectivity index (χ4n) is 2.01. The van der Waals surface area contributed by atoms with Crippen molar-refractivity contribution in [2.24, 2.45) is 4.99 Å². The highest BCUT2D eigenvalue weighted by molar-refractivity contribution is 5.98. The number of allylic oxidation sites excluding steroid dienone is 2. The number of amides is 1. The number of hydrogen-bond donors (Lipinski definition) is 0. The van der Waals surface area contributed by atoms with Crippen molar-refractivity contribution in [2.45, 2.75) is 39.3 Å². The molecular weight excluding hydrogens is 279 g/mol. The highest BCUT2D eigenvalue weighted by atomic mass is 19.4. The molecule has 1 rings (SSSR count). The third kappa shape index (κ3) is 4.55. The maximum Gasteiger partial charge on any atom is 0.416 e. The summed E-state index contributed by atoms with van der Waals surface area (Å²) in [4.78, 5) is 14.7. The molecule has 0 aliphatic heterocycles. The summed E-state index contributed by atoms with van der Waals surface area (Å²) in [7, 11) is 0. The van der Waals surface area contributed by atoms with Gasteiger partial charge in [-0.2, -0.15) is 13.2 Å². The average Bonchev–Trinajstić information content (AvgIpc) is 2.41. The number of aryl methyl sites for hydroxylation is 1. The van der Waals surface area contributed by atoms with Crippen LogP contribution in [0.15, 0.2) is 29.3 Å². The molecule has 0 heterocycles. The van der Waals surface area contributed by atoms with E-state index in [9.17, 15) is 18.0 Å². The van der Waals surface area contributed by atoms with Crippen LogP contribution >= 0.6 is 0 Å². The minimum absolute atomic E-state index is 0.0568. The Balaban J connectivity index is 3.26. The van der Waals surface area contributed by atoms with Crippen molar-refractivity contribution < 1.29 is 18.0 Å². The van der Waals surface area contributed by atoms with Gasteiger partial charge in [-0.25, -0.2) is 4.99 Å². The number of carbonyl (C=O) groups excluding carboxylic acids is 1. The zero-order valence-electron chi connectivity index (χ0n) is 12.1. The molecule has 0 aliphatic carbocycles. The average molecular weight is 297 g/mol. The summed E-state index contributed by atoms with van der Waals surface area (Å²) in [5, 5.41) is 0. The largest absolute Gasteiger partial charge is 0.416 e. The second-order valence-corrected chi connectivity index (χ2v) is 4.75. The van der Waals surface area contributed by atoms with Crippen molar-refractivity contribution in [3.05, 3.63) is 46.5 Å². The Labute approximate surface area is 122 Å². The van der Waals surface area contributed by atoms with Crippen molar-refractivity contribution in [3.8, 4) is 0 Å². The third-order valence-corrected chi connectivity index (χ3v) is 3.09. The maximum atomic E-state index is 13.1. The zero-order valence-corrected chi connectivity index (χ0v) is 12.1. The van der Waals surface area contributed by atoms with Gasteiger partial charge in [0.1, 0.15) is 0 Å². The lowest BCUT2D eigenvalue weighted by Gasteiger charge is -2.14. The van der Waals surface area contributed by atoms with Crippen LogP contribution in [0.5, 0.6) is 0 Å². The number of nitrogens with zero attached hydrogens (tertiary/aromatic N) is 1. The molecule has 0 spiro atoms. The molecular formula is C16H18F3NO. The fourth-order valence-corrected chi connectivity index (χ4v) is 2.01. The summed E-state index contributed by atoms with van der Waals surface area (Å²) >= 11 is 0. The van der Waals surface area contributed by atoms with E-state index in [2.05, 4.69) is 11.7 Å². The van der Waals surface area contributed by atoms with Crippen molar-refractivity contribution in [2.75, 3.05) is 0 Å². The molecule has 1 aromatic carbocycles. The number of aliphatic imine (C=N–C) groups is 1. The molecule has 0 unspecified atom stereocenters. The monoisotopic (exact) mass is 297 g/mol. The second kappa shape index (κ2) is 7.20. The van der Waals surface area contributed by atoms with Gasteiger partial charge < -0.3 is 0 Å². The van der Waals surface area contributed by atoms with Crippen molar-refractivity contribution in [3.63, 3.8) is 0 Å². The lowest BCUT2D eigenvalue weighted by molar-refractivity contribution is -0.138. The molecule has 0 aromatic heterocycles. The number of carbonyl (C=O) groups is 1. The van der Waals surface area contributed by atoms with Crippen LogP contribution in [-0.2, 0) is 12.6 Å². The third-order valence-electron chi connectivity index (χ3n) is 3.09. The van der Waals surface area contributed by atoms with E-state index in [0.29, 0.717) is 5.56 Å². The van der Waals surface area contributed by atoms with Gasteiger partial charge in [-0.1, -0.05) is 31.6 Å². The van der Waals surface area contributed by atoms with E-state index in [0.717, 1.165) is 18.9 Å². The topological polar surface area (TPSA) is 29.4 Å². The highest BCUT2D eigenvalue weighted by Crippen LogP contribution is 2.34. The number of hydrogen-bond acceptors (Lipinski definition) is 1. The van der Waals surface area contributed by atoms with Crippen LogP contribution in [0.4, 0.5) is 13.2 Å². The number of halogens is 3. The number of rotatable bonds is 5. The predicted molar refractivity (Wildman–Crippen MR) is 77.8 cm³/mol. The second-order valence-electron chi connectivity index (χ2n) is 4.75. The first-order valence-corrected chi connectivity index (χ1v) is 6.68. The summed E-state index contributed by atoms with van der Waals surface area (Å²) in [5.74, 6) is -0.744. The SMILES string of the molecule is C=NC(=O)c1cc(C(F)(F)F)c(CC=CCCC)cc1C. The van der Waals surface area contributed by atoms with Crippen LogP contribution < -0.4 is 0 Å². The van der Waals surface area contributed by atoms with Gasteiger partial charge in [0.15, 0.2) is 0 Å². The van der Waals surface area contributed by atoms with E-state index in [1.165, 1.54) is 6.07 Å². The Kier molecular flexibility index (Phi) is 5.88. The van der Waals surface area contributed by atoms with Crippen molar-refractivity contribution in [1.82, 2.24) is 0 Å². The van der Waals surface area contributed by atoms with Crippen LogP contribution in [0.2, 0.25) is 0 Å². The molecule has 1 amide bonds. The lowest BCUT2D eigenvalue weighted by Crippen LogP contribution is -2.12. The first kappa shape index (κ1) is 17.1. The van der Waals surface area contributed by atoms with Gasteiger partial charge in [-0.3, -0.25) is 4.79 Å². The Morgan fingerprint density at radius 1 is 1.33 bits per heavy atom. The van der Waals surface area contributed by atoms with Crippen LogP contribution in [0.1, 0.15) is 46.8 Å². The Hall–Kier alpha value is -1.91. The smallest absolute Gasteiger partial charge is 0.267 e. The molecule has 0 fully saturated rings. The van der Waals surface area contributed by atoms with Crippen LogP contribution in [-0.4, -0.2) is 12.6 Å². The lowest BCUT2D eigenvalue weighted by atomic mass is 9.96. The van der Waals surface area contributed by atoms with E-state index < -0.39 is 17.6 Å². The van der Waals surface area contributed by atoms with Gasteiger partial charge in [-0.05, 0) is 43.7 Å². The van der Waals surface area contributed by atoms with Crippen LogP contribution in [0.25, 0.3) is 0 Å². The van der Waals surface area contributed by atoms with E-state index in [1.54, 1.807) is 13.0 Å². The first-order valence-electron chi connectivity index (χ1n) is 6.68. The van der Waals surface area contributed by atoms with Gasteiger partial charge in [0.05, 0.1) is 5.56 Å². The minimum Gasteiger partial charge on any atom is -0.267 e. The summed E-state index contributed by atoms with van der Waals surface area (Å²) in [6.07, 6.45) is 1.04. The van der Waals surface area contributed by atoms with Gasteiger partial charge in [0.2, 0.25) is 0 Å². The summed E-state index contributed by atoms with van der Waals surface area (Å²) in [6, 6.07) is 2.27. The zero-order chi connectivity index (χ0) is 16.0. The van der Waals surface area contributed by atoms with Gasteiger partial charge in [0.25, 0.3) is 5.91 Å². The Morgan fingerprint density at radius 2 is 2.00 bits per heavy atom. The number of benzene rings is 1. The molecule has 0 bridgehead atoms. The molecule has 114 valence electrons. The predicted octanol–water partition coefficient (Wildman–Crippen LogP) is 4.75. The van der Waals surface area contributed by atoms with Gasteiger partial charge in [-0.15, -0.1) is 0 Å². The normalized spacial score (nSPS) is 11.9. The molecule has 2 nitrogen and oxygen atoms in total. The van der Waals surface area contributed by atoms with E-state index in [4.69, 9.17) is 0 Å². The molecule has 0 N–H and O–H groups in total. The molecule has 1 aromatic rings. The summed E-state index contributed by atoms with van der Waals surface area (Å²) in [6.45, 7) is 6.66. The maximum absolute atomic E-state index is 13.1. The van der Waals surface area contributed by atoms with E-state index in [-0.39, 0.29) is 17.5 Å². The molecule has 0 saturated heterocycles. The minimum atomic E-state index is -4.50. The van der Waals surface area contributed by atoms with Gasteiger partial charge >= 0.3 is 6.18 Å². The van der Waals surface area contributed by atoms with Gasteiger partial charge in [0, 0.05) is 5.56 Å². The first-order chi connectivity index (χ1) is 9.81. The summed E-state index contributed by atoms with van der Waals surface area (Å²) < 4.78 is 39.4. The Morgan fingerprint density at radius 3 is 2.52 bits per heavy atom. The molecule has 0 radical (unpaired) electrons. The quantitative estimate of drug-likeness (QED) is 0.569. The van der Waals surface area contributed by atoms with Crippen molar-refractivity contribution >= 4 is 12.6 Å². The Bertz CT molecular complexity index is 559. The van der Waals surface area contributed by atoms with Crippen LogP contribution in [0.3, 0.4) is 0 Å². The highest BCUT2D eigenvalue weighted by Gasteiger charge is 2.34. The molecule has 21 heavy (non-hydrogen) atoms. The van der Waals surface area contributed by atoms with Crippen LogP contribution in [0, 0.1) is 6.92 Å². The molecule has 0 saturated carbocycles. The number of unbranched alkanes of at least 4 members (excludes halogenated alkanes) is 1.